The maximum Gasteiger partial charge on any atom is 0.0641 e. The van der Waals surface area contributed by atoms with Gasteiger partial charge in [0, 0.05) is 10.5 Å². The molecule has 8 rings (SSSR count). The number of fused-ring (bicyclic) bond motifs is 7. The summed E-state index contributed by atoms with van der Waals surface area (Å²) in [6.07, 6.45) is 24.6. The fourth-order valence-electron chi connectivity index (χ4n) is 12.6. The zero-order chi connectivity index (χ0) is 25.8. The van der Waals surface area contributed by atoms with Crippen LogP contribution >= 0.6 is 23.5 Å². The molecule has 8 aliphatic rings. The molecule has 210 valence electrons. The van der Waals surface area contributed by atoms with Crippen LogP contribution < -0.4 is 0 Å². The highest BCUT2D eigenvalue weighted by Gasteiger charge is 2.63. The van der Waals surface area contributed by atoms with E-state index >= 15 is 0 Å². The van der Waals surface area contributed by atoms with Gasteiger partial charge in [0.25, 0.3) is 0 Å². The van der Waals surface area contributed by atoms with Gasteiger partial charge in [-0.1, -0.05) is 63.8 Å². The van der Waals surface area contributed by atoms with Crippen molar-refractivity contribution in [2.24, 2.45) is 47.3 Å². The summed E-state index contributed by atoms with van der Waals surface area (Å²) in [6, 6.07) is 0. The van der Waals surface area contributed by atoms with Crippen LogP contribution in [0.1, 0.15) is 90.9 Å². The van der Waals surface area contributed by atoms with E-state index in [4.69, 9.17) is 4.74 Å². The summed E-state index contributed by atoms with van der Waals surface area (Å²) in [5, 5.41) is 1.77. The number of ether oxygens (including phenoxy) is 1. The third-order valence-corrected chi connectivity index (χ3v) is 22.2. The molecular formula is C34H52OS2Si. The average molecular weight is 569 g/mol. The summed E-state index contributed by atoms with van der Waals surface area (Å²) in [5.41, 5.74) is 2.05. The molecule has 0 bridgehead atoms. The van der Waals surface area contributed by atoms with E-state index in [1.54, 1.807) is 29.1 Å². The lowest BCUT2D eigenvalue weighted by molar-refractivity contribution is -0.0605. The van der Waals surface area contributed by atoms with Crippen molar-refractivity contribution in [3.8, 4) is 0 Å². The first kappa shape index (κ1) is 26.0. The Hall–Kier alpha value is 0.357. The van der Waals surface area contributed by atoms with Crippen LogP contribution in [0.4, 0.5) is 0 Å². The first-order chi connectivity index (χ1) is 18.4. The number of hydrogen-bond donors (Lipinski definition) is 0. The molecule has 6 fully saturated rings. The lowest BCUT2D eigenvalue weighted by atomic mass is 9.61. The Morgan fingerprint density at radius 1 is 0.632 bits per heavy atom. The maximum absolute atomic E-state index is 7.07. The summed E-state index contributed by atoms with van der Waals surface area (Å²) in [6.45, 7) is 10.6. The van der Waals surface area contributed by atoms with Crippen LogP contribution in [0.25, 0.3) is 0 Å². The quantitative estimate of drug-likeness (QED) is 0.314. The zero-order valence-electron chi connectivity index (χ0n) is 24.4. The van der Waals surface area contributed by atoms with Crippen LogP contribution in [0.2, 0.25) is 24.2 Å². The molecule has 0 aromatic heterocycles. The summed E-state index contributed by atoms with van der Waals surface area (Å²) < 4.78 is 7.07. The fourth-order valence-corrected chi connectivity index (χ4v) is 23.1. The minimum Gasteiger partial charge on any atom is -0.374 e. The molecule has 1 saturated heterocycles. The summed E-state index contributed by atoms with van der Waals surface area (Å²) in [5.74, 6) is 7.42. The highest BCUT2D eigenvalue weighted by atomic mass is 32.2. The van der Waals surface area contributed by atoms with Crippen molar-refractivity contribution < 1.29 is 4.74 Å². The van der Waals surface area contributed by atoms with Gasteiger partial charge in [-0.3, -0.25) is 0 Å². The van der Waals surface area contributed by atoms with Gasteiger partial charge in [-0.25, -0.2) is 0 Å². The topological polar surface area (TPSA) is 9.23 Å². The largest absolute Gasteiger partial charge is 0.374 e. The van der Waals surface area contributed by atoms with Crippen LogP contribution in [0, 0.1) is 47.3 Å². The Morgan fingerprint density at radius 3 is 1.89 bits per heavy atom. The molecule has 3 aliphatic heterocycles. The molecule has 38 heavy (non-hydrogen) atoms. The van der Waals surface area contributed by atoms with Gasteiger partial charge in [-0.05, 0) is 121 Å². The molecule has 13 atom stereocenters. The molecule has 0 radical (unpaired) electrons. The maximum atomic E-state index is 7.07. The van der Waals surface area contributed by atoms with Crippen LogP contribution in [0.15, 0.2) is 22.0 Å². The Morgan fingerprint density at radius 2 is 1.18 bits per heavy atom. The third-order valence-electron chi connectivity index (χ3n) is 13.8. The predicted octanol–water partition coefficient (Wildman–Crippen LogP) is 9.92. The lowest BCUT2D eigenvalue weighted by Crippen LogP contribution is -2.48. The average Bonchev–Trinajstić information content (AvgIpc) is 3.69. The van der Waals surface area contributed by atoms with Crippen molar-refractivity contribution in [3.63, 3.8) is 0 Å². The highest BCUT2D eigenvalue weighted by molar-refractivity contribution is 8.05. The molecule has 5 aliphatic carbocycles. The van der Waals surface area contributed by atoms with E-state index in [2.05, 4.69) is 62.6 Å². The SMILES string of the molecule is CC1=CC2C3C=C(C)SC3C([Si](C)(C)C3CCC4C(C5CCCC6C7CCCCC7OC65)CCCC43)C2S1. The Kier molecular flexibility index (Phi) is 6.64. The normalized spacial score (nSPS) is 53.6. The zero-order valence-corrected chi connectivity index (χ0v) is 27.1. The summed E-state index contributed by atoms with van der Waals surface area (Å²) >= 11 is 4.59. The molecule has 4 heteroatoms. The van der Waals surface area contributed by atoms with E-state index in [1.165, 1.54) is 57.8 Å². The molecule has 0 aromatic carbocycles. The van der Waals surface area contributed by atoms with Gasteiger partial charge in [-0.2, -0.15) is 0 Å². The fraction of sp³-hybridized carbons (Fsp3) is 0.882. The molecular weight excluding hydrogens is 517 g/mol. The standard InChI is InChI=1S/C34H52OS2Si/c1-19-17-27-28-18-20(2)37-33(28)34(32(27)36-19)38(3,4)30-16-15-22-21(10-7-11-24(22)30)25-12-8-13-26-23-9-5-6-14-29(23)35-31(25)26/h17-18,21-34H,5-16H2,1-4H3. The van der Waals surface area contributed by atoms with E-state index in [1.807, 2.05) is 0 Å². The first-order valence-electron chi connectivity index (χ1n) is 16.8. The Labute approximate surface area is 242 Å². The highest BCUT2D eigenvalue weighted by Crippen LogP contribution is 2.69. The molecule has 0 aromatic rings. The molecule has 5 saturated carbocycles. The van der Waals surface area contributed by atoms with Gasteiger partial charge in [0.15, 0.2) is 0 Å². The Bertz CT molecular complexity index is 972. The molecule has 13 unspecified atom stereocenters. The molecule has 3 heterocycles. The molecule has 1 nitrogen and oxygen atoms in total. The summed E-state index contributed by atoms with van der Waals surface area (Å²) in [4.78, 5) is 3.25. The lowest BCUT2D eigenvalue weighted by Gasteiger charge is -2.49. The van der Waals surface area contributed by atoms with Crippen molar-refractivity contribution in [3.05, 3.63) is 22.0 Å². The monoisotopic (exact) mass is 568 g/mol. The van der Waals surface area contributed by atoms with Gasteiger partial charge >= 0.3 is 0 Å². The molecule has 0 N–H and O–H groups in total. The Balaban J connectivity index is 1.04. The number of hydrogen-bond acceptors (Lipinski definition) is 3. The van der Waals surface area contributed by atoms with Crippen molar-refractivity contribution in [2.75, 3.05) is 0 Å². The van der Waals surface area contributed by atoms with Crippen LogP contribution in [-0.2, 0) is 4.74 Å². The smallest absolute Gasteiger partial charge is 0.0641 e. The van der Waals surface area contributed by atoms with Crippen molar-refractivity contribution in [2.45, 2.75) is 138 Å². The van der Waals surface area contributed by atoms with E-state index in [9.17, 15) is 0 Å². The van der Waals surface area contributed by atoms with E-state index < -0.39 is 8.07 Å². The number of thioether (sulfide) groups is 2. The van der Waals surface area contributed by atoms with Crippen LogP contribution in [-0.4, -0.2) is 30.8 Å². The molecule has 0 spiro atoms. The van der Waals surface area contributed by atoms with Gasteiger partial charge in [0.1, 0.15) is 0 Å². The summed E-state index contributed by atoms with van der Waals surface area (Å²) in [7, 11) is -1.45. The van der Waals surface area contributed by atoms with Crippen LogP contribution in [0.5, 0.6) is 0 Å². The number of rotatable bonds is 3. The second-order valence-electron chi connectivity index (χ2n) is 15.7. The number of allylic oxidation sites excluding steroid dienone is 4. The minimum absolute atomic E-state index is 0.631. The van der Waals surface area contributed by atoms with E-state index in [0.29, 0.717) is 12.2 Å². The van der Waals surface area contributed by atoms with E-state index in [0.717, 1.165) is 68.9 Å². The minimum atomic E-state index is -1.45. The third kappa shape index (κ3) is 3.87. The van der Waals surface area contributed by atoms with Gasteiger partial charge in [0.05, 0.1) is 20.3 Å². The second kappa shape index (κ2) is 9.70. The van der Waals surface area contributed by atoms with Crippen molar-refractivity contribution in [1.82, 2.24) is 0 Å². The predicted molar refractivity (Wildman–Crippen MR) is 167 cm³/mol. The van der Waals surface area contributed by atoms with Crippen molar-refractivity contribution >= 4 is 31.6 Å². The van der Waals surface area contributed by atoms with Crippen LogP contribution in [0.3, 0.4) is 0 Å². The second-order valence-corrected chi connectivity index (χ2v) is 23.6. The van der Waals surface area contributed by atoms with Gasteiger partial charge in [0.2, 0.25) is 0 Å². The van der Waals surface area contributed by atoms with Crippen molar-refractivity contribution in [1.29, 1.82) is 0 Å². The van der Waals surface area contributed by atoms with E-state index in [-0.39, 0.29) is 0 Å². The van der Waals surface area contributed by atoms with Gasteiger partial charge in [-0.15, -0.1) is 23.5 Å². The molecule has 0 amide bonds. The van der Waals surface area contributed by atoms with Gasteiger partial charge < -0.3 is 4.74 Å². The first-order valence-corrected chi connectivity index (χ1v) is 21.7.